The average molecular weight is 294 g/mol. The number of phenols is 2. The van der Waals surface area contributed by atoms with Crippen LogP contribution in [0.4, 0.5) is 0 Å². The minimum Gasteiger partial charge on any atom is -0.508 e. The minimum atomic E-state index is -0.798. The maximum absolute atomic E-state index is 10.8. The van der Waals surface area contributed by atoms with Crippen molar-refractivity contribution < 1.29 is 20.1 Å². The molecule has 2 rings (SSSR count). The summed E-state index contributed by atoms with van der Waals surface area (Å²) in [5.74, 6) is -0.659. The van der Waals surface area contributed by atoms with Gasteiger partial charge in [0.25, 0.3) is 0 Å². The van der Waals surface area contributed by atoms with Crippen molar-refractivity contribution in [2.45, 2.75) is 19.4 Å². The second kappa shape index (κ2) is 6.78. The van der Waals surface area contributed by atoms with Gasteiger partial charge in [-0.15, -0.1) is 0 Å². The highest BCUT2D eigenvalue weighted by molar-refractivity contribution is 5.69. The predicted molar refractivity (Wildman–Crippen MR) is 78.5 cm³/mol. The van der Waals surface area contributed by atoms with E-state index in [4.69, 9.17) is 5.11 Å². The molecule has 116 valence electrons. The van der Waals surface area contributed by atoms with Crippen LogP contribution in [0.5, 0.6) is 11.5 Å². The third-order valence-electron chi connectivity index (χ3n) is 3.99. The Balaban J connectivity index is 2.02. The summed E-state index contributed by atoms with van der Waals surface area (Å²) >= 11 is 0. The lowest BCUT2D eigenvalue weighted by molar-refractivity contribution is -0.138. The number of aliphatic carboxylic acids is 1. The van der Waals surface area contributed by atoms with Crippen LogP contribution in [0.3, 0.4) is 0 Å². The van der Waals surface area contributed by atoms with Crippen molar-refractivity contribution in [3.05, 3.63) is 23.8 Å². The van der Waals surface area contributed by atoms with Crippen molar-refractivity contribution in [1.29, 1.82) is 0 Å². The van der Waals surface area contributed by atoms with Crippen LogP contribution in [-0.4, -0.2) is 63.8 Å². The number of carboxylic acids is 1. The van der Waals surface area contributed by atoms with Crippen molar-refractivity contribution in [1.82, 2.24) is 9.80 Å². The zero-order chi connectivity index (χ0) is 15.4. The first-order chi connectivity index (χ1) is 9.97. The molecule has 1 aromatic rings. The molecule has 0 amide bonds. The van der Waals surface area contributed by atoms with Crippen LogP contribution < -0.4 is 0 Å². The van der Waals surface area contributed by atoms with Crippen LogP contribution in [0.25, 0.3) is 0 Å². The van der Waals surface area contributed by atoms with Gasteiger partial charge in [0.1, 0.15) is 11.5 Å². The van der Waals surface area contributed by atoms with Gasteiger partial charge in [0.2, 0.25) is 0 Å². The topological polar surface area (TPSA) is 84.2 Å². The highest BCUT2D eigenvalue weighted by Crippen LogP contribution is 2.31. The smallest absolute Gasteiger partial charge is 0.317 e. The quantitative estimate of drug-likeness (QED) is 0.775. The fourth-order valence-electron chi connectivity index (χ4n) is 2.81. The number of rotatable bonds is 4. The van der Waals surface area contributed by atoms with E-state index in [0.29, 0.717) is 6.54 Å². The van der Waals surface area contributed by atoms with Gasteiger partial charge in [0.15, 0.2) is 0 Å². The number of nitrogens with zero attached hydrogens (tertiary/aromatic N) is 2. The molecule has 6 nitrogen and oxygen atoms in total. The Morgan fingerprint density at radius 3 is 2.67 bits per heavy atom. The molecule has 0 radical (unpaired) electrons. The molecule has 1 saturated heterocycles. The number of hydrogen-bond donors (Lipinski definition) is 3. The van der Waals surface area contributed by atoms with E-state index in [9.17, 15) is 15.0 Å². The third-order valence-corrected chi connectivity index (χ3v) is 3.99. The second-order valence-corrected chi connectivity index (χ2v) is 5.48. The lowest BCUT2D eigenvalue weighted by atomic mass is 10.1. The summed E-state index contributed by atoms with van der Waals surface area (Å²) in [6.45, 7) is 5.19. The van der Waals surface area contributed by atoms with E-state index < -0.39 is 5.97 Å². The normalized spacial score (nSPS) is 19.1. The molecule has 0 aromatic heterocycles. The zero-order valence-corrected chi connectivity index (χ0v) is 12.2. The molecule has 21 heavy (non-hydrogen) atoms. The summed E-state index contributed by atoms with van der Waals surface area (Å²) < 4.78 is 0. The van der Waals surface area contributed by atoms with Crippen molar-refractivity contribution >= 4 is 5.97 Å². The third kappa shape index (κ3) is 4.09. The maximum atomic E-state index is 10.8. The van der Waals surface area contributed by atoms with E-state index in [1.165, 1.54) is 6.07 Å². The summed E-state index contributed by atoms with van der Waals surface area (Å²) in [5, 5.41) is 28.2. The Morgan fingerprint density at radius 2 is 2.00 bits per heavy atom. The van der Waals surface area contributed by atoms with Gasteiger partial charge in [0.05, 0.1) is 6.54 Å². The number of carbonyl (C=O) groups is 1. The standard InChI is InChI=1S/C15H22N2O4/c1-11(13-4-3-12(18)9-14(13)19)17-6-2-5-16(7-8-17)10-15(20)21/h3-4,9,11,18-19H,2,5-8,10H2,1H3,(H,20,21). The van der Waals surface area contributed by atoms with E-state index in [1.807, 2.05) is 11.8 Å². The molecule has 0 spiro atoms. The Hall–Kier alpha value is -1.79. The average Bonchev–Trinajstić information content (AvgIpc) is 2.63. The number of phenolic OH excluding ortho intramolecular Hbond substituents is 2. The van der Waals surface area contributed by atoms with E-state index >= 15 is 0 Å². The summed E-state index contributed by atoms with van der Waals surface area (Å²) in [5.41, 5.74) is 0.777. The molecule has 0 saturated carbocycles. The molecule has 3 N–H and O–H groups in total. The molecule has 1 aliphatic heterocycles. The molecular weight excluding hydrogens is 272 g/mol. The first-order valence-corrected chi connectivity index (χ1v) is 7.17. The summed E-state index contributed by atoms with van der Waals surface area (Å²) in [6, 6.07) is 4.67. The lowest BCUT2D eigenvalue weighted by Gasteiger charge is -2.28. The Morgan fingerprint density at radius 1 is 1.24 bits per heavy atom. The molecule has 1 aliphatic rings. The fourth-order valence-corrected chi connectivity index (χ4v) is 2.81. The van der Waals surface area contributed by atoms with Crippen molar-refractivity contribution in [3.63, 3.8) is 0 Å². The van der Waals surface area contributed by atoms with Gasteiger partial charge in [-0.05, 0) is 19.4 Å². The molecule has 0 bridgehead atoms. The Kier molecular flexibility index (Phi) is 5.03. The summed E-state index contributed by atoms with van der Waals surface area (Å²) in [4.78, 5) is 14.9. The SMILES string of the molecule is CC(c1ccc(O)cc1O)N1CCCN(CC(=O)O)CC1. The molecule has 1 unspecified atom stereocenters. The summed E-state index contributed by atoms with van der Waals surface area (Å²) in [6.07, 6.45) is 0.899. The summed E-state index contributed by atoms with van der Waals surface area (Å²) in [7, 11) is 0. The Bertz CT molecular complexity index is 506. The fraction of sp³-hybridized carbons (Fsp3) is 0.533. The number of hydrogen-bond acceptors (Lipinski definition) is 5. The van der Waals surface area contributed by atoms with Crippen molar-refractivity contribution in [2.75, 3.05) is 32.7 Å². The molecular formula is C15H22N2O4. The van der Waals surface area contributed by atoms with Gasteiger partial charge in [-0.3, -0.25) is 14.6 Å². The monoisotopic (exact) mass is 294 g/mol. The Labute approximate surface area is 124 Å². The van der Waals surface area contributed by atoms with Crippen LogP contribution in [0.2, 0.25) is 0 Å². The van der Waals surface area contributed by atoms with Gasteiger partial charge in [-0.25, -0.2) is 0 Å². The lowest BCUT2D eigenvalue weighted by Crippen LogP contribution is -2.35. The van der Waals surface area contributed by atoms with Gasteiger partial charge in [-0.1, -0.05) is 6.07 Å². The largest absolute Gasteiger partial charge is 0.508 e. The first kappa shape index (κ1) is 15.6. The van der Waals surface area contributed by atoms with E-state index in [1.54, 1.807) is 12.1 Å². The molecule has 6 heteroatoms. The molecule has 1 fully saturated rings. The van der Waals surface area contributed by atoms with E-state index in [0.717, 1.165) is 31.6 Å². The van der Waals surface area contributed by atoms with E-state index in [-0.39, 0.29) is 24.1 Å². The first-order valence-electron chi connectivity index (χ1n) is 7.17. The van der Waals surface area contributed by atoms with Crippen LogP contribution in [0.15, 0.2) is 18.2 Å². The minimum absolute atomic E-state index is 0.0235. The number of benzene rings is 1. The van der Waals surface area contributed by atoms with Gasteiger partial charge in [-0.2, -0.15) is 0 Å². The van der Waals surface area contributed by atoms with Crippen molar-refractivity contribution in [2.24, 2.45) is 0 Å². The predicted octanol–water partition coefficient (Wildman–Crippen LogP) is 1.25. The molecule has 0 aliphatic carbocycles. The zero-order valence-electron chi connectivity index (χ0n) is 12.2. The van der Waals surface area contributed by atoms with Crippen molar-refractivity contribution in [3.8, 4) is 11.5 Å². The number of carboxylic acid groups (broad SMARTS) is 1. The number of aromatic hydroxyl groups is 2. The highest BCUT2D eigenvalue weighted by atomic mass is 16.4. The van der Waals surface area contributed by atoms with Gasteiger partial charge < -0.3 is 15.3 Å². The van der Waals surface area contributed by atoms with Crippen LogP contribution in [0.1, 0.15) is 24.9 Å². The molecule has 1 atom stereocenters. The van der Waals surface area contributed by atoms with Crippen LogP contribution in [-0.2, 0) is 4.79 Å². The second-order valence-electron chi connectivity index (χ2n) is 5.48. The highest BCUT2D eigenvalue weighted by Gasteiger charge is 2.22. The molecule has 1 aromatic carbocycles. The van der Waals surface area contributed by atoms with Crippen LogP contribution in [0, 0.1) is 0 Å². The molecule has 1 heterocycles. The van der Waals surface area contributed by atoms with Gasteiger partial charge >= 0.3 is 5.97 Å². The maximum Gasteiger partial charge on any atom is 0.317 e. The van der Waals surface area contributed by atoms with Gasteiger partial charge in [0, 0.05) is 43.9 Å². The van der Waals surface area contributed by atoms with E-state index in [2.05, 4.69) is 4.90 Å². The van der Waals surface area contributed by atoms with Crippen LogP contribution >= 0.6 is 0 Å².